The summed E-state index contributed by atoms with van der Waals surface area (Å²) in [6.07, 6.45) is 11.8. The summed E-state index contributed by atoms with van der Waals surface area (Å²) in [5.74, 6) is 0.684. The maximum absolute atomic E-state index is 14.6. The molecular formula is C41H59N3O5. The van der Waals surface area contributed by atoms with Crippen molar-refractivity contribution in [1.82, 2.24) is 9.80 Å². The van der Waals surface area contributed by atoms with Gasteiger partial charge in [0.05, 0.1) is 5.57 Å². The van der Waals surface area contributed by atoms with Crippen LogP contribution in [-0.2, 0) is 19.1 Å². The molecule has 6 unspecified atom stereocenters. The van der Waals surface area contributed by atoms with Crippen LogP contribution in [0.5, 0.6) is 0 Å². The standard InChI is InChI=1S/C41H59N3O5/c1-36(2,3)49-35(48)44-20-18-43(19-21-44)32(46)12-15-41-14-10-27-33(28(41)24-37(4,5)16-17-41)29(45)22-31-39(27,8)13-11-30-38(6,7)34(47)26(25-42)23-40(30,31)9/h22-23,27-28,30,33H,10-21,24H2,1-9H3/t27?,28?,30?,33?,39?,40?,41-/m1/s1. The molecule has 1 saturated heterocycles. The van der Waals surface area contributed by atoms with Crippen LogP contribution in [0.1, 0.15) is 120 Å². The number of hydrogen-bond donors (Lipinski definition) is 0. The zero-order valence-corrected chi connectivity index (χ0v) is 31.5. The Morgan fingerprint density at radius 1 is 0.918 bits per heavy atom. The van der Waals surface area contributed by atoms with Gasteiger partial charge in [0.1, 0.15) is 11.7 Å². The van der Waals surface area contributed by atoms with Gasteiger partial charge in [-0.25, -0.2) is 4.79 Å². The summed E-state index contributed by atoms with van der Waals surface area (Å²) in [6, 6.07) is 2.20. The summed E-state index contributed by atoms with van der Waals surface area (Å²) in [7, 11) is 0. The first-order valence-electron chi connectivity index (χ1n) is 18.9. The SMILES string of the molecule is CC1(C)CC[C@]2(CCC(=O)N3CCN(C(=O)OC(C)(C)C)CC3)CCC3C(C(=O)C=C4C5(C)C=C(C#N)C(=O)C(C)(C)C5CCC43C)C2C1. The average molecular weight is 674 g/mol. The zero-order valence-electron chi connectivity index (χ0n) is 31.5. The minimum atomic E-state index is -0.666. The molecule has 1 aliphatic heterocycles. The van der Waals surface area contributed by atoms with Gasteiger partial charge in [0.2, 0.25) is 5.91 Å². The van der Waals surface area contributed by atoms with Crippen molar-refractivity contribution < 1.29 is 23.9 Å². The Hall–Kier alpha value is -2.95. The molecule has 4 fully saturated rings. The van der Waals surface area contributed by atoms with E-state index in [1.54, 1.807) is 4.90 Å². The molecule has 268 valence electrons. The number of carbonyl (C=O) groups excluding carboxylic acids is 4. The van der Waals surface area contributed by atoms with Crippen molar-refractivity contribution in [2.75, 3.05) is 26.2 Å². The first-order chi connectivity index (χ1) is 22.7. The lowest BCUT2D eigenvalue weighted by Gasteiger charge is -2.65. The lowest BCUT2D eigenvalue weighted by molar-refractivity contribution is -0.150. The van der Waals surface area contributed by atoms with Crippen molar-refractivity contribution in [3.63, 3.8) is 0 Å². The van der Waals surface area contributed by atoms with Crippen LogP contribution in [0.3, 0.4) is 0 Å². The van der Waals surface area contributed by atoms with Gasteiger partial charge in [0.25, 0.3) is 0 Å². The first kappa shape index (κ1) is 35.9. The summed E-state index contributed by atoms with van der Waals surface area (Å²) in [4.78, 5) is 57.8. The van der Waals surface area contributed by atoms with Crippen molar-refractivity contribution in [3.8, 4) is 6.07 Å². The molecule has 5 aliphatic carbocycles. The molecule has 49 heavy (non-hydrogen) atoms. The maximum atomic E-state index is 14.6. The van der Waals surface area contributed by atoms with E-state index in [9.17, 15) is 24.4 Å². The number of hydrogen-bond acceptors (Lipinski definition) is 6. The molecule has 6 aliphatic rings. The average Bonchev–Trinajstić information content (AvgIpc) is 3.01. The molecule has 8 nitrogen and oxygen atoms in total. The fourth-order valence-corrected chi connectivity index (χ4v) is 11.8. The molecule has 6 rings (SSSR count). The fraction of sp³-hybridized carbons (Fsp3) is 0.780. The third-order valence-corrected chi connectivity index (χ3v) is 14.4. The van der Waals surface area contributed by atoms with Gasteiger partial charge in [-0.3, -0.25) is 14.4 Å². The van der Waals surface area contributed by atoms with Crippen LogP contribution >= 0.6 is 0 Å². The van der Waals surface area contributed by atoms with E-state index in [4.69, 9.17) is 4.74 Å². The van der Waals surface area contributed by atoms with Crippen molar-refractivity contribution in [2.24, 2.45) is 50.7 Å². The molecular weight excluding hydrogens is 614 g/mol. The lowest BCUT2D eigenvalue weighted by Crippen LogP contribution is -2.60. The van der Waals surface area contributed by atoms with E-state index in [1.165, 1.54) is 0 Å². The second-order valence-electron chi connectivity index (χ2n) is 19.3. The van der Waals surface area contributed by atoms with E-state index < -0.39 is 16.4 Å². The number of nitriles is 1. The van der Waals surface area contributed by atoms with Crippen molar-refractivity contribution in [3.05, 3.63) is 23.3 Å². The smallest absolute Gasteiger partial charge is 0.410 e. The third-order valence-electron chi connectivity index (χ3n) is 14.4. The number of nitrogens with zero attached hydrogens (tertiary/aromatic N) is 3. The van der Waals surface area contributed by atoms with Gasteiger partial charge in [-0.1, -0.05) is 53.2 Å². The molecule has 2 amide bonds. The molecule has 3 saturated carbocycles. The van der Waals surface area contributed by atoms with Crippen LogP contribution in [-0.4, -0.2) is 65.1 Å². The van der Waals surface area contributed by atoms with Gasteiger partial charge in [0.15, 0.2) is 11.6 Å². The van der Waals surface area contributed by atoms with Crippen LogP contribution in [0.15, 0.2) is 23.3 Å². The summed E-state index contributed by atoms with van der Waals surface area (Å²) in [6.45, 7) is 20.8. The van der Waals surface area contributed by atoms with Crippen LogP contribution in [0, 0.1) is 62.1 Å². The highest BCUT2D eigenvalue weighted by molar-refractivity contribution is 6.04. The molecule has 0 aromatic carbocycles. The van der Waals surface area contributed by atoms with E-state index >= 15 is 0 Å². The number of fused-ring (bicyclic) bond motifs is 7. The predicted molar refractivity (Wildman–Crippen MR) is 188 cm³/mol. The third kappa shape index (κ3) is 5.89. The number of rotatable bonds is 3. The molecule has 8 heteroatoms. The molecule has 0 N–H and O–H groups in total. The Bertz CT molecular complexity index is 1530. The minimum absolute atomic E-state index is 0.0431. The second kappa shape index (κ2) is 11.8. The van der Waals surface area contributed by atoms with E-state index in [2.05, 4.69) is 33.8 Å². The summed E-state index contributed by atoms with van der Waals surface area (Å²) >= 11 is 0. The topological polar surface area (TPSA) is 108 Å². The first-order valence-corrected chi connectivity index (χ1v) is 18.9. The predicted octanol–water partition coefficient (Wildman–Crippen LogP) is 7.68. The Labute approximate surface area is 294 Å². The van der Waals surface area contributed by atoms with Gasteiger partial charge in [0, 0.05) is 49.3 Å². The van der Waals surface area contributed by atoms with E-state index in [-0.39, 0.29) is 69.1 Å². The highest BCUT2D eigenvalue weighted by Crippen LogP contribution is 2.71. The largest absolute Gasteiger partial charge is 0.444 e. The quantitative estimate of drug-likeness (QED) is 0.304. The van der Waals surface area contributed by atoms with Crippen LogP contribution in [0.25, 0.3) is 0 Å². The number of ether oxygens (including phenoxy) is 1. The van der Waals surface area contributed by atoms with E-state index in [0.717, 1.165) is 56.9 Å². The van der Waals surface area contributed by atoms with Crippen LogP contribution in [0.2, 0.25) is 0 Å². The molecule has 7 atom stereocenters. The number of amides is 2. The maximum Gasteiger partial charge on any atom is 0.410 e. The van der Waals surface area contributed by atoms with E-state index in [0.29, 0.717) is 32.6 Å². The van der Waals surface area contributed by atoms with Crippen LogP contribution in [0.4, 0.5) is 4.79 Å². The Morgan fingerprint density at radius 2 is 1.57 bits per heavy atom. The number of allylic oxidation sites excluding steroid dienone is 4. The molecule has 0 radical (unpaired) electrons. The highest BCUT2D eigenvalue weighted by Gasteiger charge is 2.65. The van der Waals surface area contributed by atoms with Crippen molar-refractivity contribution in [2.45, 2.75) is 126 Å². The fourth-order valence-electron chi connectivity index (χ4n) is 11.8. The van der Waals surface area contributed by atoms with Crippen molar-refractivity contribution >= 4 is 23.6 Å². The van der Waals surface area contributed by atoms with Gasteiger partial charge >= 0.3 is 6.09 Å². The van der Waals surface area contributed by atoms with Crippen molar-refractivity contribution in [1.29, 1.82) is 5.26 Å². The van der Waals surface area contributed by atoms with Gasteiger partial charge in [-0.15, -0.1) is 0 Å². The minimum Gasteiger partial charge on any atom is -0.444 e. The molecule has 0 aromatic heterocycles. The van der Waals surface area contributed by atoms with Gasteiger partial charge in [-0.2, -0.15) is 5.26 Å². The Balaban J connectivity index is 1.24. The number of Topliss-reactive ketones (excluding diaryl/α,β-unsaturated/α-hetero) is 1. The number of carbonyl (C=O) groups is 4. The summed E-state index contributed by atoms with van der Waals surface area (Å²) in [5.41, 5.74) is -0.465. The second-order valence-corrected chi connectivity index (χ2v) is 19.3. The van der Waals surface area contributed by atoms with Gasteiger partial charge < -0.3 is 14.5 Å². The molecule has 1 heterocycles. The Kier molecular flexibility index (Phi) is 8.64. The zero-order chi connectivity index (χ0) is 35.9. The number of ketones is 2. The highest BCUT2D eigenvalue weighted by atomic mass is 16.6. The Morgan fingerprint density at radius 3 is 2.20 bits per heavy atom. The molecule has 0 spiro atoms. The summed E-state index contributed by atoms with van der Waals surface area (Å²) < 4.78 is 5.54. The monoisotopic (exact) mass is 673 g/mol. The lowest BCUT2D eigenvalue weighted by atomic mass is 9.38. The normalized spacial score (nSPS) is 38.1. The number of piperazine rings is 1. The van der Waals surface area contributed by atoms with Crippen LogP contribution < -0.4 is 0 Å². The molecule has 0 aromatic rings. The van der Waals surface area contributed by atoms with Gasteiger partial charge in [-0.05, 0) is 112 Å². The summed E-state index contributed by atoms with van der Waals surface area (Å²) in [5, 5.41) is 9.97. The molecule has 0 bridgehead atoms. The van der Waals surface area contributed by atoms with E-state index in [1.807, 2.05) is 51.7 Å².